The normalized spacial score (nSPS) is 13.8. The first kappa shape index (κ1) is 82.7. The lowest BCUT2D eigenvalue weighted by Crippen LogP contribution is -2.47. The maximum Gasteiger partial charge on any atom is 0.472 e. The minimum absolute atomic E-state index is 0.0388. The van der Waals surface area contributed by atoms with E-state index in [1.165, 1.54) is 238 Å². The number of ether oxygens (including phenoxy) is 1. The summed E-state index contributed by atoms with van der Waals surface area (Å²) in [5.41, 5.74) is 0. The van der Waals surface area contributed by atoms with E-state index in [1.807, 2.05) is 33.3 Å². The molecule has 1 amide bonds. The number of phosphoric acid groups is 1. The highest BCUT2D eigenvalue weighted by molar-refractivity contribution is 7.47. The summed E-state index contributed by atoms with van der Waals surface area (Å²) in [6, 6.07) is -0.853. The molecule has 3 atom stereocenters. The fourth-order valence-corrected chi connectivity index (χ4v) is 11.5. The molecule has 0 saturated carbocycles. The van der Waals surface area contributed by atoms with Gasteiger partial charge in [-0.1, -0.05) is 307 Å². The molecule has 0 rings (SSSR count). The SMILES string of the molecule is CCCCC/C=C\C/C=C\C/C=C\CCCCCCCCCCC(=O)NC(COP(=O)(O)OCC[N+](C)(C)C)C(/C=C\CCCCCCCCCCC)OC(=O)CCCCCCCCCCCCCCCCCCC/C=C/CCCCCCCC. The van der Waals surface area contributed by atoms with Gasteiger partial charge in [0, 0.05) is 12.8 Å². The second-order valence-electron chi connectivity index (χ2n) is 26.1. The first-order valence-electron chi connectivity index (χ1n) is 36.6. The van der Waals surface area contributed by atoms with Crippen LogP contribution in [-0.4, -0.2) is 74.3 Å². The van der Waals surface area contributed by atoms with Crippen LogP contribution in [0, 0.1) is 0 Å². The van der Waals surface area contributed by atoms with Gasteiger partial charge in [-0.05, 0) is 96.0 Å². The molecule has 0 fully saturated rings. The highest BCUT2D eigenvalue weighted by Gasteiger charge is 2.30. The van der Waals surface area contributed by atoms with E-state index in [1.54, 1.807) is 0 Å². The van der Waals surface area contributed by atoms with Gasteiger partial charge in [0.05, 0.1) is 33.8 Å². The molecule has 0 aromatic heterocycles. The molecule has 10 heteroatoms. The lowest BCUT2D eigenvalue weighted by Gasteiger charge is -2.27. The number of quaternary nitrogens is 1. The van der Waals surface area contributed by atoms with Crippen molar-refractivity contribution in [1.29, 1.82) is 0 Å². The van der Waals surface area contributed by atoms with Gasteiger partial charge in [-0.25, -0.2) is 4.57 Å². The van der Waals surface area contributed by atoms with Gasteiger partial charge in [-0.15, -0.1) is 0 Å². The van der Waals surface area contributed by atoms with Crippen LogP contribution in [0.2, 0.25) is 0 Å². The Kier molecular flexibility index (Phi) is 62.9. The zero-order valence-electron chi connectivity index (χ0n) is 57.1. The second kappa shape index (κ2) is 64.7. The number of allylic oxidation sites excluding steroid dienone is 9. The van der Waals surface area contributed by atoms with Crippen molar-refractivity contribution in [3.05, 3.63) is 60.8 Å². The lowest BCUT2D eigenvalue weighted by molar-refractivity contribution is -0.870. The Morgan fingerprint density at radius 3 is 1.11 bits per heavy atom. The highest BCUT2D eigenvalue weighted by atomic mass is 31.2. The van der Waals surface area contributed by atoms with E-state index in [2.05, 4.69) is 74.7 Å². The summed E-state index contributed by atoms with van der Waals surface area (Å²) < 4.78 is 30.8. The number of esters is 1. The molecule has 0 aliphatic heterocycles. The zero-order valence-corrected chi connectivity index (χ0v) is 58.0. The van der Waals surface area contributed by atoms with E-state index in [4.69, 9.17) is 13.8 Å². The van der Waals surface area contributed by atoms with Crippen LogP contribution in [0.1, 0.15) is 355 Å². The van der Waals surface area contributed by atoms with E-state index in [9.17, 15) is 19.0 Å². The summed E-state index contributed by atoms with van der Waals surface area (Å²) in [6.45, 7) is 7.01. The van der Waals surface area contributed by atoms with Crippen LogP contribution in [0.3, 0.4) is 0 Å². The molecule has 498 valence electrons. The summed E-state index contributed by atoms with van der Waals surface area (Å²) in [7, 11) is 1.50. The molecule has 0 bridgehead atoms. The number of carbonyl (C=O) groups excluding carboxylic acids is 2. The molecule has 0 aliphatic rings. The summed E-state index contributed by atoms with van der Waals surface area (Å²) >= 11 is 0. The molecule has 0 saturated heterocycles. The third-order valence-corrected chi connectivity index (χ3v) is 17.4. The fraction of sp³-hybridized carbons (Fsp3) is 0.840. The fourth-order valence-electron chi connectivity index (χ4n) is 10.8. The van der Waals surface area contributed by atoms with Crippen LogP contribution in [0.15, 0.2) is 60.8 Å². The summed E-state index contributed by atoms with van der Waals surface area (Å²) in [6.07, 6.45) is 83.9. The van der Waals surface area contributed by atoms with Crippen LogP contribution >= 0.6 is 7.82 Å². The van der Waals surface area contributed by atoms with Crippen molar-refractivity contribution < 1.29 is 37.3 Å². The van der Waals surface area contributed by atoms with Crippen LogP contribution in [0.4, 0.5) is 0 Å². The van der Waals surface area contributed by atoms with Gasteiger partial charge in [0.25, 0.3) is 0 Å². The molecule has 0 radical (unpaired) electrons. The van der Waals surface area contributed by atoms with Crippen LogP contribution < -0.4 is 5.32 Å². The Hall–Kier alpha value is -2.29. The maximum absolute atomic E-state index is 13.6. The monoisotopic (exact) mass is 1210 g/mol. The molecular weight excluding hydrogens is 1070 g/mol. The topological polar surface area (TPSA) is 111 Å². The minimum atomic E-state index is -4.46. The van der Waals surface area contributed by atoms with E-state index in [-0.39, 0.29) is 25.1 Å². The molecule has 0 aromatic rings. The van der Waals surface area contributed by atoms with Crippen molar-refractivity contribution in [3.63, 3.8) is 0 Å². The average Bonchev–Trinajstić information content (AvgIpc) is 3.57. The first-order valence-corrected chi connectivity index (χ1v) is 38.1. The van der Waals surface area contributed by atoms with Crippen molar-refractivity contribution in [2.24, 2.45) is 0 Å². The van der Waals surface area contributed by atoms with E-state index in [0.717, 1.165) is 83.5 Å². The predicted molar refractivity (Wildman–Crippen MR) is 369 cm³/mol. The first-order chi connectivity index (χ1) is 41.4. The molecule has 0 spiro atoms. The van der Waals surface area contributed by atoms with E-state index in [0.29, 0.717) is 23.9 Å². The van der Waals surface area contributed by atoms with Crippen molar-refractivity contribution in [2.75, 3.05) is 40.9 Å². The molecule has 85 heavy (non-hydrogen) atoms. The number of amides is 1. The van der Waals surface area contributed by atoms with E-state index >= 15 is 0 Å². The average molecular weight is 1210 g/mol. The Labute approximate surface area is 528 Å². The molecule has 0 aliphatic carbocycles. The molecule has 2 N–H and O–H groups in total. The van der Waals surface area contributed by atoms with Gasteiger partial charge in [0.15, 0.2) is 0 Å². The second-order valence-corrected chi connectivity index (χ2v) is 27.6. The molecule has 9 nitrogen and oxygen atoms in total. The quantitative estimate of drug-likeness (QED) is 0.0205. The highest BCUT2D eigenvalue weighted by Crippen LogP contribution is 2.43. The summed E-state index contributed by atoms with van der Waals surface area (Å²) in [5.74, 6) is -0.500. The Morgan fingerprint density at radius 1 is 0.412 bits per heavy atom. The molecular formula is C75H142N2O7P+. The van der Waals surface area contributed by atoms with Gasteiger partial charge in [0.2, 0.25) is 5.91 Å². The number of phosphoric ester groups is 1. The molecule has 0 heterocycles. The minimum Gasteiger partial charge on any atom is -0.456 e. The van der Waals surface area contributed by atoms with Gasteiger partial charge >= 0.3 is 13.8 Å². The molecule has 3 unspecified atom stereocenters. The van der Waals surface area contributed by atoms with Crippen molar-refractivity contribution in [3.8, 4) is 0 Å². The van der Waals surface area contributed by atoms with Gasteiger partial charge < -0.3 is 19.4 Å². The predicted octanol–water partition coefficient (Wildman–Crippen LogP) is 23.3. The number of nitrogens with one attached hydrogen (secondary N) is 1. The number of hydrogen-bond donors (Lipinski definition) is 2. The van der Waals surface area contributed by atoms with Crippen molar-refractivity contribution in [1.82, 2.24) is 5.32 Å². The third-order valence-electron chi connectivity index (χ3n) is 16.4. The van der Waals surface area contributed by atoms with Crippen molar-refractivity contribution in [2.45, 2.75) is 367 Å². The summed E-state index contributed by atoms with van der Waals surface area (Å²) in [5, 5.41) is 3.07. The van der Waals surface area contributed by atoms with Gasteiger partial charge in [-0.2, -0.15) is 0 Å². The number of likely N-dealkylation sites (N-methyl/N-ethyl adjacent to an activating group) is 1. The van der Waals surface area contributed by atoms with Gasteiger partial charge in [-0.3, -0.25) is 18.6 Å². The largest absolute Gasteiger partial charge is 0.472 e. The number of rotatable bonds is 67. The van der Waals surface area contributed by atoms with Crippen molar-refractivity contribution >= 4 is 19.7 Å². The Bertz CT molecular complexity index is 1640. The van der Waals surface area contributed by atoms with Crippen LogP contribution in [-0.2, 0) is 27.9 Å². The Balaban J connectivity index is 4.96. The van der Waals surface area contributed by atoms with Crippen LogP contribution in [0.25, 0.3) is 0 Å². The van der Waals surface area contributed by atoms with Gasteiger partial charge in [0.1, 0.15) is 19.3 Å². The summed E-state index contributed by atoms with van der Waals surface area (Å²) in [4.78, 5) is 37.9. The number of carbonyl (C=O) groups is 2. The molecule has 0 aromatic carbocycles. The smallest absolute Gasteiger partial charge is 0.456 e. The number of unbranched alkanes of at least 4 members (excludes halogenated alkanes) is 43. The third kappa shape index (κ3) is 66.0. The number of nitrogens with zero attached hydrogens (tertiary/aromatic N) is 1. The van der Waals surface area contributed by atoms with Crippen LogP contribution in [0.5, 0.6) is 0 Å². The lowest BCUT2D eigenvalue weighted by atomic mass is 10.0. The Morgan fingerprint density at radius 2 is 0.718 bits per heavy atom. The van der Waals surface area contributed by atoms with E-state index < -0.39 is 20.0 Å². The zero-order chi connectivity index (χ0) is 62.1. The standard InChI is InChI=1S/C75H141N2O7P/c1-7-10-13-16-19-22-25-27-29-31-33-35-36-37-38-39-40-42-44-46-48-50-53-56-59-62-65-68-75(79)84-73(66-63-60-57-54-51-24-21-18-15-12-9-3)72(71-83-85(80,81)82-70-69-77(4,5)6)76-74(78)67-64-61-58-55-52-49-47-45-43-41-34-32-30-28-26-23-20-17-14-11-8-2/h20,23,27-30,34,41,63,66,72-73H,7-19,21-22,24-26,31-33,35-40,42-62,64-65,67-71H2,1-6H3,(H-,76,78,80,81)/p+1/b23-20-,29-27+,30-28-,41-34-,66-63-. The maximum atomic E-state index is 13.6. The number of hydrogen-bond acceptors (Lipinski definition) is 6.